The molecule has 2 aliphatic heterocycles. The molecule has 25 heavy (non-hydrogen) atoms. The number of Topliss-reactive ketones (excluding diaryl/α,β-unsaturated/α-hetero) is 1. The van der Waals surface area contributed by atoms with Gasteiger partial charge in [0.1, 0.15) is 0 Å². The summed E-state index contributed by atoms with van der Waals surface area (Å²) in [5.41, 5.74) is 0.258. The molecule has 0 radical (unpaired) electrons. The number of nitrogens with one attached hydrogen (secondary N) is 1. The summed E-state index contributed by atoms with van der Waals surface area (Å²) in [6.45, 7) is 1.35. The van der Waals surface area contributed by atoms with Crippen molar-refractivity contribution in [2.45, 2.75) is 30.6 Å². The summed E-state index contributed by atoms with van der Waals surface area (Å²) in [5, 5.41) is 6.95. The third kappa shape index (κ3) is 3.42. The van der Waals surface area contributed by atoms with E-state index in [0.29, 0.717) is 28.8 Å². The lowest BCUT2D eigenvalue weighted by atomic mass is 10.1. The first-order valence-corrected chi connectivity index (χ1v) is 9.02. The third-order valence-corrected chi connectivity index (χ3v) is 5.14. The van der Waals surface area contributed by atoms with Gasteiger partial charge in [0, 0.05) is 12.2 Å². The third-order valence-electron chi connectivity index (χ3n) is 4.16. The molecule has 3 heterocycles. The first-order valence-electron chi connectivity index (χ1n) is 8.03. The van der Waals surface area contributed by atoms with E-state index in [9.17, 15) is 9.59 Å². The molecule has 132 valence electrons. The fourth-order valence-corrected chi connectivity index (χ4v) is 3.70. The van der Waals surface area contributed by atoms with Crippen LogP contribution in [0, 0.1) is 0 Å². The standard InChI is InChI=1S/C16H17N3O5S/c20-12(10-3-4-13-14(6-10)24-9-23-13)8-25-16-18-17-15(21)19(16)7-11-2-1-5-22-11/h3-4,6,11H,1-2,5,7-9H2,(H,17,21)/t11-/m1/s1. The average Bonchev–Trinajstić information content (AvgIpc) is 3.35. The number of carbonyl (C=O) groups excluding carboxylic acids is 1. The van der Waals surface area contributed by atoms with Crippen LogP contribution in [0.1, 0.15) is 23.2 Å². The number of benzene rings is 1. The number of hydrogen-bond donors (Lipinski definition) is 1. The molecule has 1 aromatic carbocycles. The van der Waals surface area contributed by atoms with Crippen LogP contribution in [0.2, 0.25) is 0 Å². The van der Waals surface area contributed by atoms with Crippen LogP contribution in [-0.4, -0.2) is 45.8 Å². The van der Waals surface area contributed by atoms with Crippen molar-refractivity contribution in [3.63, 3.8) is 0 Å². The number of fused-ring (bicyclic) bond motifs is 1. The van der Waals surface area contributed by atoms with Crippen LogP contribution in [0.5, 0.6) is 11.5 Å². The van der Waals surface area contributed by atoms with Crippen molar-refractivity contribution in [3.8, 4) is 11.5 Å². The quantitative estimate of drug-likeness (QED) is 0.613. The molecule has 2 aliphatic rings. The molecule has 0 saturated carbocycles. The number of carbonyl (C=O) groups is 1. The van der Waals surface area contributed by atoms with E-state index in [1.807, 2.05) is 0 Å². The van der Waals surface area contributed by atoms with E-state index in [2.05, 4.69) is 10.2 Å². The highest BCUT2D eigenvalue weighted by Crippen LogP contribution is 2.33. The molecule has 0 aliphatic carbocycles. The summed E-state index contributed by atoms with van der Waals surface area (Å²) in [7, 11) is 0. The number of ether oxygens (including phenoxy) is 3. The molecule has 8 nitrogen and oxygen atoms in total. The molecule has 0 bridgehead atoms. The maximum atomic E-state index is 12.4. The van der Waals surface area contributed by atoms with Crippen LogP contribution >= 0.6 is 11.8 Å². The van der Waals surface area contributed by atoms with Gasteiger partial charge in [-0.05, 0) is 31.0 Å². The van der Waals surface area contributed by atoms with Gasteiger partial charge in [-0.15, -0.1) is 5.10 Å². The van der Waals surface area contributed by atoms with Crippen molar-refractivity contribution in [2.75, 3.05) is 19.2 Å². The number of aromatic amines is 1. The van der Waals surface area contributed by atoms with E-state index in [1.54, 1.807) is 18.2 Å². The van der Waals surface area contributed by atoms with Crippen LogP contribution in [0.4, 0.5) is 0 Å². The topological polar surface area (TPSA) is 95.4 Å². The largest absolute Gasteiger partial charge is 0.454 e. The second kappa shape index (κ2) is 6.93. The van der Waals surface area contributed by atoms with Crippen molar-refractivity contribution in [2.24, 2.45) is 0 Å². The lowest BCUT2D eigenvalue weighted by Gasteiger charge is -2.10. The van der Waals surface area contributed by atoms with Gasteiger partial charge < -0.3 is 14.2 Å². The first-order chi connectivity index (χ1) is 12.2. The zero-order valence-electron chi connectivity index (χ0n) is 13.4. The molecule has 4 rings (SSSR count). The minimum absolute atomic E-state index is 0.0270. The first kappa shape index (κ1) is 16.2. The fourth-order valence-electron chi connectivity index (χ4n) is 2.85. The Labute approximate surface area is 147 Å². The monoisotopic (exact) mass is 363 g/mol. The van der Waals surface area contributed by atoms with E-state index >= 15 is 0 Å². The molecule has 0 unspecified atom stereocenters. The second-order valence-electron chi connectivity index (χ2n) is 5.84. The molecule has 1 N–H and O–H groups in total. The Morgan fingerprint density at radius 3 is 3.08 bits per heavy atom. The molecule has 0 amide bonds. The maximum absolute atomic E-state index is 12.4. The molecule has 2 aromatic rings. The summed E-state index contributed by atoms with van der Waals surface area (Å²) >= 11 is 1.23. The van der Waals surface area contributed by atoms with Gasteiger partial charge in [-0.2, -0.15) is 0 Å². The fraction of sp³-hybridized carbons (Fsp3) is 0.438. The van der Waals surface area contributed by atoms with Gasteiger partial charge in [-0.1, -0.05) is 11.8 Å². The Morgan fingerprint density at radius 2 is 2.24 bits per heavy atom. The minimum atomic E-state index is -0.284. The molecule has 0 spiro atoms. The Morgan fingerprint density at radius 1 is 1.36 bits per heavy atom. The summed E-state index contributed by atoms with van der Waals surface area (Å²) in [4.78, 5) is 24.3. The van der Waals surface area contributed by atoms with Gasteiger partial charge in [0.25, 0.3) is 0 Å². The molecule has 1 aromatic heterocycles. The second-order valence-corrected chi connectivity index (χ2v) is 6.78. The Hall–Kier alpha value is -2.26. The van der Waals surface area contributed by atoms with Gasteiger partial charge in [0.15, 0.2) is 22.4 Å². The number of thioether (sulfide) groups is 1. The maximum Gasteiger partial charge on any atom is 0.344 e. The van der Waals surface area contributed by atoms with Gasteiger partial charge in [-0.25, -0.2) is 9.89 Å². The molecular weight excluding hydrogens is 346 g/mol. The number of hydrogen-bond acceptors (Lipinski definition) is 7. The number of rotatable bonds is 6. The van der Waals surface area contributed by atoms with E-state index in [4.69, 9.17) is 14.2 Å². The van der Waals surface area contributed by atoms with Crippen molar-refractivity contribution in [3.05, 3.63) is 34.2 Å². The Balaban J connectivity index is 1.42. The van der Waals surface area contributed by atoms with Gasteiger partial charge in [-0.3, -0.25) is 9.36 Å². The normalized spacial score (nSPS) is 18.6. The summed E-state index contributed by atoms with van der Waals surface area (Å²) in [6.07, 6.45) is 1.96. The zero-order chi connectivity index (χ0) is 17.2. The number of nitrogens with zero attached hydrogens (tertiary/aromatic N) is 2. The van der Waals surface area contributed by atoms with Crippen molar-refractivity contribution < 1.29 is 19.0 Å². The van der Waals surface area contributed by atoms with E-state index in [0.717, 1.165) is 19.4 Å². The Kier molecular flexibility index (Phi) is 4.50. The lowest BCUT2D eigenvalue weighted by Crippen LogP contribution is -2.25. The van der Waals surface area contributed by atoms with Gasteiger partial charge in [0.2, 0.25) is 6.79 Å². The van der Waals surface area contributed by atoms with E-state index in [1.165, 1.54) is 16.3 Å². The van der Waals surface area contributed by atoms with Crippen LogP contribution < -0.4 is 15.2 Å². The number of aromatic nitrogens is 3. The van der Waals surface area contributed by atoms with Crippen LogP contribution in [0.15, 0.2) is 28.2 Å². The highest BCUT2D eigenvalue weighted by atomic mass is 32.2. The minimum Gasteiger partial charge on any atom is -0.454 e. The van der Waals surface area contributed by atoms with E-state index in [-0.39, 0.29) is 30.1 Å². The van der Waals surface area contributed by atoms with Crippen molar-refractivity contribution >= 4 is 17.5 Å². The molecule has 1 atom stereocenters. The number of ketones is 1. The predicted octanol–water partition coefficient (Wildman–Crippen LogP) is 1.45. The van der Waals surface area contributed by atoms with E-state index < -0.39 is 0 Å². The average molecular weight is 363 g/mol. The molecule has 1 saturated heterocycles. The zero-order valence-corrected chi connectivity index (χ0v) is 14.2. The van der Waals surface area contributed by atoms with Crippen molar-refractivity contribution in [1.82, 2.24) is 14.8 Å². The van der Waals surface area contributed by atoms with Crippen LogP contribution in [-0.2, 0) is 11.3 Å². The smallest absolute Gasteiger partial charge is 0.344 e. The highest BCUT2D eigenvalue weighted by Gasteiger charge is 2.21. The van der Waals surface area contributed by atoms with Gasteiger partial charge >= 0.3 is 5.69 Å². The molecular formula is C16H17N3O5S. The summed E-state index contributed by atoms with van der Waals surface area (Å²) < 4.78 is 17.6. The molecule has 1 fully saturated rings. The van der Waals surface area contributed by atoms with Crippen LogP contribution in [0.3, 0.4) is 0 Å². The summed E-state index contributed by atoms with van der Waals surface area (Å²) in [5.74, 6) is 1.32. The molecule has 9 heteroatoms. The van der Waals surface area contributed by atoms with Crippen molar-refractivity contribution in [1.29, 1.82) is 0 Å². The summed E-state index contributed by atoms with van der Waals surface area (Å²) in [6, 6.07) is 5.11. The predicted molar refractivity (Wildman–Crippen MR) is 89.4 cm³/mol. The van der Waals surface area contributed by atoms with Gasteiger partial charge in [0.05, 0.1) is 18.4 Å². The van der Waals surface area contributed by atoms with Crippen LogP contribution in [0.25, 0.3) is 0 Å². The SMILES string of the molecule is O=C(CSc1n[nH]c(=O)n1C[C@H]1CCCO1)c1ccc2c(c1)OCO2. The lowest BCUT2D eigenvalue weighted by molar-refractivity contribution is 0.0941. The highest BCUT2D eigenvalue weighted by molar-refractivity contribution is 7.99. The Bertz CT molecular complexity index is 841. The number of H-pyrrole nitrogens is 1.